The Labute approximate surface area is 230 Å². The number of thiazole rings is 1. The van der Waals surface area contributed by atoms with E-state index in [1.54, 1.807) is 19.3 Å². The highest BCUT2D eigenvalue weighted by Gasteiger charge is 2.45. The van der Waals surface area contributed by atoms with Gasteiger partial charge in [-0.1, -0.05) is 73.2 Å². The molecule has 4 aromatic rings. The topological polar surface area (TPSA) is 89.0 Å². The summed E-state index contributed by atoms with van der Waals surface area (Å²) in [6, 6.07) is 21.2. The number of aromatic nitrogens is 1. The summed E-state index contributed by atoms with van der Waals surface area (Å²) in [7, 11) is 1.58. The Hall–Kier alpha value is -4.43. The number of nitrogens with zero attached hydrogens (tertiary/aromatic N) is 2. The van der Waals surface area contributed by atoms with Gasteiger partial charge >= 0.3 is 0 Å². The Morgan fingerprint density at radius 3 is 2.54 bits per heavy atom. The third-order valence-corrected chi connectivity index (χ3v) is 7.47. The lowest BCUT2D eigenvalue weighted by Gasteiger charge is -2.24. The highest BCUT2D eigenvalue weighted by molar-refractivity contribution is 7.22. The molecular formula is C31H28N2O5S. The van der Waals surface area contributed by atoms with E-state index in [1.807, 2.05) is 66.7 Å². The number of rotatable bonds is 10. The van der Waals surface area contributed by atoms with Crippen LogP contribution in [-0.2, 0) is 9.59 Å². The average Bonchev–Trinajstić information content (AvgIpc) is 3.50. The number of ether oxygens (including phenoxy) is 2. The number of hydrogen-bond acceptors (Lipinski definition) is 7. The molecule has 0 saturated carbocycles. The molecule has 5 rings (SSSR count). The standard InChI is InChI=1S/C31H28N2O5S/c1-3-4-18-38-22-13-11-21(12-14-22)28-27(25(34)17-10-20-8-6-5-7-9-20)29(35)30(36)33(28)31-32-24-16-15-23(37-2)19-26(24)39-31/h5-17,19,28,35H,3-4,18H2,1-2H3. The molecule has 1 atom stereocenters. The Morgan fingerprint density at radius 1 is 1.08 bits per heavy atom. The van der Waals surface area contributed by atoms with Gasteiger partial charge in [-0.15, -0.1) is 0 Å². The second-order valence-corrected chi connectivity index (χ2v) is 10.1. The predicted molar refractivity (Wildman–Crippen MR) is 153 cm³/mol. The SMILES string of the molecule is CCCCOc1ccc(C2C(C(=O)C=Cc3ccccc3)=C(O)C(=O)N2c2nc3ccc(OC)cc3s2)cc1. The van der Waals surface area contributed by atoms with E-state index < -0.39 is 23.5 Å². The summed E-state index contributed by atoms with van der Waals surface area (Å²) in [6.07, 6.45) is 5.02. The molecule has 1 unspecified atom stereocenters. The number of anilines is 1. The van der Waals surface area contributed by atoms with Crippen LogP contribution in [0.2, 0.25) is 0 Å². The molecule has 0 saturated heterocycles. The van der Waals surface area contributed by atoms with Crippen LogP contribution in [-0.4, -0.2) is 35.5 Å². The van der Waals surface area contributed by atoms with E-state index in [9.17, 15) is 14.7 Å². The maximum atomic E-state index is 13.5. The van der Waals surface area contributed by atoms with Crippen molar-refractivity contribution in [3.63, 3.8) is 0 Å². The largest absolute Gasteiger partial charge is 0.503 e. The van der Waals surface area contributed by atoms with Gasteiger partial charge in [0.2, 0.25) is 0 Å². The van der Waals surface area contributed by atoms with Crippen LogP contribution >= 0.6 is 11.3 Å². The monoisotopic (exact) mass is 540 g/mol. The predicted octanol–water partition coefficient (Wildman–Crippen LogP) is 6.67. The number of carbonyl (C=O) groups is 2. The van der Waals surface area contributed by atoms with E-state index in [2.05, 4.69) is 11.9 Å². The summed E-state index contributed by atoms with van der Waals surface area (Å²) in [5, 5.41) is 11.4. The molecule has 0 fully saturated rings. The second-order valence-electron chi connectivity index (χ2n) is 9.05. The van der Waals surface area contributed by atoms with Crippen molar-refractivity contribution in [3.05, 3.63) is 101 Å². The first-order valence-electron chi connectivity index (χ1n) is 12.7. The number of allylic oxidation sites excluding steroid dienone is 1. The Kier molecular flexibility index (Phi) is 7.74. The molecular weight excluding hydrogens is 512 g/mol. The fraction of sp³-hybridized carbons (Fsp3) is 0.194. The normalized spacial score (nSPS) is 15.5. The van der Waals surface area contributed by atoms with Gasteiger partial charge in [-0.05, 0) is 54.0 Å². The van der Waals surface area contributed by atoms with E-state index in [0.717, 1.165) is 23.1 Å². The number of carbonyl (C=O) groups excluding carboxylic acids is 2. The molecule has 1 aromatic heterocycles. The van der Waals surface area contributed by atoms with Crippen molar-refractivity contribution in [1.82, 2.24) is 4.98 Å². The number of aliphatic hydroxyl groups is 1. The zero-order valence-electron chi connectivity index (χ0n) is 21.7. The number of fused-ring (bicyclic) bond motifs is 1. The number of aliphatic hydroxyl groups excluding tert-OH is 1. The molecule has 1 N–H and O–H groups in total. The van der Waals surface area contributed by atoms with Crippen LogP contribution in [0, 0.1) is 0 Å². The van der Waals surface area contributed by atoms with Crippen LogP contribution in [0.15, 0.2) is 90.2 Å². The van der Waals surface area contributed by atoms with Crippen molar-refractivity contribution >= 4 is 44.5 Å². The first-order chi connectivity index (χ1) is 19.0. The molecule has 1 aliphatic rings. The summed E-state index contributed by atoms with van der Waals surface area (Å²) >= 11 is 1.29. The van der Waals surface area contributed by atoms with Gasteiger partial charge in [-0.25, -0.2) is 4.98 Å². The van der Waals surface area contributed by atoms with Crippen molar-refractivity contribution in [1.29, 1.82) is 0 Å². The van der Waals surface area contributed by atoms with Crippen molar-refractivity contribution in [3.8, 4) is 11.5 Å². The Bertz CT molecular complexity index is 1560. The van der Waals surface area contributed by atoms with Gasteiger partial charge in [0.15, 0.2) is 16.7 Å². The van der Waals surface area contributed by atoms with Gasteiger partial charge in [0.25, 0.3) is 5.91 Å². The number of methoxy groups -OCH3 is 1. The molecule has 0 bridgehead atoms. The minimum absolute atomic E-state index is 0.00340. The van der Waals surface area contributed by atoms with E-state index in [0.29, 0.717) is 34.3 Å². The van der Waals surface area contributed by atoms with E-state index in [4.69, 9.17) is 9.47 Å². The van der Waals surface area contributed by atoms with E-state index in [1.165, 1.54) is 22.3 Å². The van der Waals surface area contributed by atoms with Crippen LogP contribution in [0.5, 0.6) is 11.5 Å². The molecule has 198 valence electrons. The van der Waals surface area contributed by atoms with Crippen molar-refractivity contribution in [2.24, 2.45) is 0 Å². The lowest BCUT2D eigenvalue weighted by atomic mass is 9.95. The number of benzene rings is 3. The summed E-state index contributed by atoms with van der Waals surface area (Å²) < 4.78 is 11.9. The van der Waals surface area contributed by atoms with Gasteiger partial charge in [0.05, 0.1) is 35.5 Å². The van der Waals surface area contributed by atoms with Crippen molar-refractivity contribution in [2.75, 3.05) is 18.6 Å². The molecule has 0 radical (unpaired) electrons. The molecule has 1 amide bonds. The van der Waals surface area contributed by atoms with Gasteiger partial charge in [-0.2, -0.15) is 0 Å². The third kappa shape index (κ3) is 5.42. The molecule has 39 heavy (non-hydrogen) atoms. The van der Waals surface area contributed by atoms with Crippen LogP contribution in [0.3, 0.4) is 0 Å². The van der Waals surface area contributed by atoms with Crippen LogP contribution in [0.4, 0.5) is 5.13 Å². The Morgan fingerprint density at radius 2 is 1.82 bits per heavy atom. The summed E-state index contributed by atoms with van der Waals surface area (Å²) in [5.41, 5.74) is 2.18. The van der Waals surface area contributed by atoms with Gasteiger partial charge in [0, 0.05) is 0 Å². The Balaban J connectivity index is 1.55. The van der Waals surface area contributed by atoms with Gasteiger partial charge < -0.3 is 14.6 Å². The summed E-state index contributed by atoms with van der Waals surface area (Å²) in [5.74, 6) is -0.347. The van der Waals surface area contributed by atoms with Gasteiger partial charge in [0.1, 0.15) is 11.5 Å². The van der Waals surface area contributed by atoms with Gasteiger partial charge in [-0.3, -0.25) is 14.5 Å². The zero-order chi connectivity index (χ0) is 27.4. The molecule has 1 aliphatic heterocycles. The number of ketones is 1. The lowest BCUT2D eigenvalue weighted by molar-refractivity contribution is -0.117. The first kappa shape index (κ1) is 26.2. The highest BCUT2D eigenvalue weighted by Crippen LogP contribution is 2.44. The van der Waals surface area contributed by atoms with Crippen molar-refractivity contribution in [2.45, 2.75) is 25.8 Å². The highest BCUT2D eigenvalue weighted by atomic mass is 32.1. The molecule has 0 spiro atoms. The first-order valence-corrected chi connectivity index (χ1v) is 13.5. The minimum Gasteiger partial charge on any atom is -0.503 e. The summed E-state index contributed by atoms with van der Waals surface area (Å²) in [4.78, 5) is 33.0. The maximum Gasteiger partial charge on any atom is 0.296 e. The third-order valence-electron chi connectivity index (χ3n) is 6.45. The molecule has 2 heterocycles. The van der Waals surface area contributed by atoms with Crippen LogP contribution in [0.1, 0.15) is 36.9 Å². The fourth-order valence-electron chi connectivity index (χ4n) is 4.40. The molecule has 8 heteroatoms. The quantitative estimate of drug-likeness (QED) is 0.179. The minimum atomic E-state index is -0.863. The van der Waals surface area contributed by atoms with E-state index >= 15 is 0 Å². The molecule has 7 nitrogen and oxygen atoms in total. The fourth-order valence-corrected chi connectivity index (χ4v) is 5.42. The van der Waals surface area contributed by atoms with Crippen LogP contribution < -0.4 is 14.4 Å². The zero-order valence-corrected chi connectivity index (χ0v) is 22.5. The van der Waals surface area contributed by atoms with Crippen LogP contribution in [0.25, 0.3) is 16.3 Å². The van der Waals surface area contributed by atoms with E-state index in [-0.39, 0.29) is 5.57 Å². The smallest absolute Gasteiger partial charge is 0.296 e. The number of amides is 1. The number of unbranched alkanes of at least 4 members (excludes halogenated alkanes) is 1. The molecule has 3 aromatic carbocycles. The lowest BCUT2D eigenvalue weighted by Crippen LogP contribution is -2.30. The summed E-state index contributed by atoms with van der Waals surface area (Å²) in [6.45, 7) is 2.70. The van der Waals surface area contributed by atoms with Crippen molar-refractivity contribution < 1.29 is 24.2 Å². The number of hydrogen-bond donors (Lipinski definition) is 1. The average molecular weight is 541 g/mol. The molecule has 0 aliphatic carbocycles. The second kappa shape index (κ2) is 11.5. The maximum absolute atomic E-state index is 13.5.